The first-order valence-corrected chi connectivity index (χ1v) is 6.07. The van der Waals surface area contributed by atoms with Crippen molar-refractivity contribution < 1.29 is 9.59 Å². The summed E-state index contributed by atoms with van der Waals surface area (Å²) in [6, 6.07) is 13.1. The number of aryl methyl sites for hydroxylation is 1. The first kappa shape index (κ1) is 13.6. The van der Waals surface area contributed by atoms with Gasteiger partial charge in [-0.05, 0) is 48.2 Å². The quantitative estimate of drug-likeness (QED) is 0.626. The fourth-order valence-electron chi connectivity index (χ4n) is 1.98. The normalized spacial score (nSPS) is 9.45. The standard InChI is InChI=1S/C16H12N2O2/c1-12-8-14(4-7-16(12)18-11-20)9-13-2-5-15(6-3-13)17-10-19/h2-8H,9H2,1H3. The third kappa shape index (κ3) is 3.36. The van der Waals surface area contributed by atoms with Crippen molar-refractivity contribution >= 4 is 23.5 Å². The highest BCUT2D eigenvalue weighted by Gasteiger charge is 2.01. The summed E-state index contributed by atoms with van der Waals surface area (Å²) in [5.74, 6) is 0. The summed E-state index contributed by atoms with van der Waals surface area (Å²) in [5, 5.41) is 0. The molecule has 0 spiro atoms. The largest absolute Gasteiger partial charge is 0.240 e. The summed E-state index contributed by atoms with van der Waals surface area (Å²) in [4.78, 5) is 27.6. The van der Waals surface area contributed by atoms with Crippen LogP contribution in [0.5, 0.6) is 0 Å². The predicted molar refractivity (Wildman–Crippen MR) is 76.0 cm³/mol. The van der Waals surface area contributed by atoms with Crippen LogP contribution in [0.4, 0.5) is 11.4 Å². The summed E-state index contributed by atoms with van der Waals surface area (Å²) in [5.41, 5.74) is 4.41. The molecule has 98 valence electrons. The highest BCUT2D eigenvalue weighted by molar-refractivity contribution is 5.54. The molecule has 0 saturated heterocycles. The van der Waals surface area contributed by atoms with E-state index >= 15 is 0 Å². The number of hydrogen-bond acceptors (Lipinski definition) is 4. The molecule has 0 atom stereocenters. The van der Waals surface area contributed by atoms with Crippen molar-refractivity contribution in [2.24, 2.45) is 9.98 Å². The average Bonchev–Trinajstić information content (AvgIpc) is 2.44. The minimum atomic E-state index is 0.593. The first-order valence-electron chi connectivity index (χ1n) is 6.07. The van der Waals surface area contributed by atoms with Crippen molar-refractivity contribution in [3.05, 3.63) is 59.2 Å². The van der Waals surface area contributed by atoms with Crippen LogP contribution in [0.3, 0.4) is 0 Å². The maximum atomic E-state index is 10.3. The van der Waals surface area contributed by atoms with Crippen molar-refractivity contribution in [3.8, 4) is 0 Å². The van der Waals surface area contributed by atoms with E-state index in [0.717, 1.165) is 23.1 Å². The summed E-state index contributed by atoms with van der Waals surface area (Å²) >= 11 is 0. The molecule has 0 fully saturated rings. The molecule has 0 heterocycles. The number of rotatable bonds is 4. The van der Waals surface area contributed by atoms with Crippen molar-refractivity contribution in [1.82, 2.24) is 0 Å². The van der Waals surface area contributed by atoms with Crippen LogP contribution >= 0.6 is 0 Å². The Bertz CT molecular complexity index is 708. The smallest absolute Gasteiger partial charge is 0.211 e. The molecule has 20 heavy (non-hydrogen) atoms. The van der Waals surface area contributed by atoms with Gasteiger partial charge in [0.25, 0.3) is 0 Å². The predicted octanol–water partition coefficient (Wildman–Crippen LogP) is 3.52. The number of benzene rings is 2. The molecule has 0 bridgehead atoms. The zero-order valence-electron chi connectivity index (χ0n) is 11.0. The Morgan fingerprint density at radius 2 is 1.55 bits per heavy atom. The van der Waals surface area contributed by atoms with Crippen LogP contribution in [0, 0.1) is 6.92 Å². The van der Waals surface area contributed by atoms with Crippen LogP contribution in [0.2, 0.25) is 0 Å². The molecule has 4 nitrogen and oxygen atoms in total. The molecule has 4 heteroatoms. The molecule has 0 amide bonds. The molecule has 0 aliphatic heterocycles. The Hall–Kier alpha value is -2.80. The topological polar surface area (TPSA) is 58.9 Å². The van der Waals surface area contributed by atoms with Gasteiger partial charge in [-0.25, -0.2) is 9.59 Å². The first-order chi connectivity index (χ1) is 9.72. The van der Waals surface area contributed by atoms with E-state index < -0.39 is 0 Å². The lowest BCUT2D eigenvalue weighted by atomic mass is 10.0. The number of aliphatic imine (C=N–C) groups is 2. The molecule has 0 saturated carbocycles. The summed E-state index contributed by atoms with van der Waals surface area (Å²) in [6.45, 7) is 1.90. The van der Waals surface area contributed by atoms with E-state index in [0.29, 0.717) is 11.4 Å². The van der Waals surface area contributed by atoms with Gasteiger partial charge in [0.15, 0.2) is 0 Å². The Morgan fingerprint density at radius 1 is 0.900 bits per heavy atom. The third-order valence-electron chi connectivity index (χ3n) is 2.95. The molecule has 0 aliphatic rings. The van der Waals surface area contributed by atoms with E-state index in [2.05, 4.69) is 9.98 Å². The highest BCUT2D eigenvalue weighted by Crippen LogP contribution is 2.21. The van der Waals surface area contributed by atoms with Crippen LogP contribution in [-0.4, -0.2) is 12.2 Å². The molecule has 0 N–H and O–H groups in total. The van der Waals surface area contributed by atoms with Crippen LogP contribution in [-0.2, 0) is 16.0 Å². The molecule has 0 aromatic heterocycles. The van der Waals surface area contributed by atoms with Gasteiger partial charge in [-0.15, -0.1) is 0 Å². The van der Waals surface area contributed by atoms with E-state index in [1.54, 1.807) is 24.3 Å². The SMILES string of the molecule is Cc1cc(Cc2ccc(N=C=O)cc2)ccc1N=C=O. The number of carbonyl (C=O) groups excluding carboxylic acids is 2. The fraction of sp³-hybridized carbons (Fsp3) is 0.125. The Labute approximate surface area is 116 Å². The maximum Gasteiger partial charge on any atom is 0.240 e. The molecule has 2 rings (SSSR count). The second kappa shape index (κ2) is 6.39. The van der Waals surface area contributed by atoms with E-state index in [9.17, 15) is 9.59 Å². The minimum absolute atomic E-state index is 0.593. The number of nitrogens with zero attached hydrogens (tertiary/aromatic N) is 2. The lowest BCUT2D eigenvalue weighted by Crippen LogP contribution is -1.88. The van der Waals surface area contributed by atoms with Crippen molar-refractivity contribution in [1.29, 1.82) is 0 Å². The highest BCUT2D eigenvalue weighted by atomic mass is 16.1. The zero-order valence-corrected chi connectivity index (χ0v) is 11.0. The monoisotopic (exact) mass is 264 g/mol. The molecule has 2 aromatic rings. The summed E-state index contributed by atoms with van der Waals surface area (Å²) in [6.07, 6.45) is 3.82. The molecular formula is C16H12N2O2. The van der Waals surface area contributed by atoms with Gasteiger partial charge < -0.3 is 0 Å². The van der Waals surface area contributed by atoms with Crippen LogP contribution in [0.15, 0.2) is 52.4 Å². The van der Waals surface area contributed by atoms with Crippen molar-refractivity contribution in [2.45, 2.75) is 13.3 Å². The van der Waals surface area contributed by atoms with Gasteiger partial charge in [-0.1, -0.05) is 24.3 Å². The van der Waals surface area contributed by atoms with Gasteiger partial charge in [0, 0.05) is 0 Å². The van der Waals surface area contributed by atoms with Gasteiger partial charge in [0.1, 0.15) is 0 Å². The summed E-state index contributed by atoms with van der Waals surface area (Å²) < 4.78 is 0. The van der Waals surface area contributed by atoms with Gasteiger partial charge in [0.2, 0.25) is 12.2 Å². The second-order valence-electron chi connectivity index (χ2n) is 4.37. The van der Waals surface area contributed by atoms with E-state index in [1.165, 1.54) is 6.08 Å². The Balaban J connectivity index is 2.19. The number of isocyanates is 2. The zero-order chi connectivity index (χ0) is 14.4. The van der Waals surface area contributed by atoms with Crippen LogP contribution < -0.4 is 0 Å². The Morgan fingerprint density at radius 3 is 2.15 bits per heavy atom. The van der Waals surface area contributed by atoms with E-state index in [1.807, 2.05) is 31.2 Å². The van der Waals surface area contributed by atoms with Crippen LogP contribution in [0.25, 0.3) is 0 Å². The second-order valence-corrected chi connectivity index (χ2v) is 4.37. The van der Waals surface area contributed by atoms with Crippen molar-refractivity contribution in [3.63, 3.8) is 0 Å². The average molecular weight is 264 g/mol. The van der Waals surface area contributed by atoms with E-state index in [4.69, 9.17) is 0 Å². The number of hydrogen-bond donors (Lipinski definition) is 0. The summed E-state index contributed by atoms with van der Waals surface area (Å²) in [7, 11) is 0. The lowest BCUT2D eigenvalue weighted by Gasteiger charge is -2.05. The molecular weight excluding hydrogens is 252 g/mol. The van der Waals surface area contributed by atoms with Gasteiger partial charge in [0.05, 0.1) is 11.4 Å². The molecule has 2 aromatic carbocycles. The van der Waals surface area contributed by atoms with Crippen LogP contribution in [0.1, 0.15) is 16.7 Å². The van der Waals surface area contributed by atoms with Gasteiger partial charge >= 0.3 is 0 Å². The maximum absolute atomic E-state index is 10.3. The van der Waals surface area contributed by atoms with E-state index in [-0.39, 0.29) is 0 Å². The minimum Gasteiger partial charge on any atom is -0.211 e. The molecule has 0 aliphatic carbocycles. The molecule has 0 unspecified atom stereocenters. The Kier molecular flexibility index (Phi) is 4.35. The third-order valence-corrected chi connectivity index (χ3v) is 2.95. The van der Waals surface area contributed by atoms with Gasteiger partial charge in [-0.2, -0.15) is 9.98 Å². The van der Waals surface area contributed by atoms with Crippen molar-refractivity contribution in [2.75, 3.05) is 0 Å². The molecule has 0 radical (unpaired) electrons. The van der Waals surface area contributed by atoms with Gasteiger partial charge in [-0.3, -0.25) is 0 Å². The lowest BCUT2D eigenvalue weighted by molar-refractivity contribution is 0.564. The fourth-order valence-corrected chi connectivity index (χ4v) is 1.98.